The maximum atomic E-state index is 13.4. The third-order valence-electron chi connectivity index (χ3n) is 3.42. The minimum absolute atomic E-state index is 0.100. The molecule has 0 fully saturated rings. The molecule has 3 nitrogen and oxygen atoms in total. The quantitative estimate of drug-likeness (QED) is 0.887. The maximum absolute atomic E-state index is 13.4. The zero-order valence-corrected chi connectivity index (χ0v) is 12.0. The van der Waals surface area contributed by atoms with Crippen LogP contribution < -0.4 is 11.1 Å². The van der Waals surface area contributed by atoms with E-state index in [1.807, 2.05) is 30.3 Å². The molecule has 2 rings (SSSR count). The third-order valence-corrected chi connectivity index (χ3v) is 3.42. The molecule has 1 amide bonds. The van der Waals surface area contributed by atoms with E-state index in [9.17, 15) is 9.18 Å². The first kappa shape index (κ1) is 15.2. The minimum Gasteiger partial charge on any atom is -0.352 e. The van der Waals surface area contributed by atoms with Crippen LogP contribution in [0.15, 0.2) is 42.5 Å². The number of halogens is 1. The van der Waals surface area contributed by atoms with Gasteiger partial charge in [0.25, 0.3) is 0 Å². The second kappa shape index (κ2) is 6.99. The van der Waals surface area contributed by atoms with Gasteiger partial charge in [0.15, 0.2) is 0 Å². The minimum atomic E-state index is -0.254. The molecule has 2 aromatic rings. The fourth-order valence-electron chi connectivity index (χ4n) is 2.11. The lowest BCUT2D eigenvalue weighted by atomic mass is 10.0. The smallest absolute Gasteiger partial charge is 0.224 e. The molecule has 0 aliphatic carbocycles. The Morgan fingerprint density at radius 3 is 2.57 bits per heavy atom. The van der Waals surface area contributed by atoms with Gasteiger partial charge in [-0.2, -0.15) is 0 Å². The Bertz CT molecular complexity index is 640. The molecule has 0 bridgehead atoms. The number of carbonyl (C=O) groups excluding carboxylic acids is 1. The number of rotatable bonds is 5. The molecule has 2 aromatic carbocycles. The molecule has 0 unspecified atom stereocenters. The number of aryl methyl sites for hydroxylation is 1. The van der Waals surface area contributed by atoms with Crippen LogP contribution in [0.1, 0.15) is 22.3 Å². The molecule has 0 saturated heterocycles. The van der Waals surface area contributed by atoms with Crippen LogP contribution in [0.25, 0.3) is 0 Å². The molecule has 0 spiro atoms. The van der Waals surface area contributed by atoms with E-state index in [4.69, 9.17) is 5.73 Å². The molecule has 3 N–H and O–H groups in total. The van der Waals surface area contributed by atoms with Gasteiger partial charge in [-0.25, -0.2) is 4.39 Å². The Hall–Kier alpha value is -2.20. The van der Waals surface area contributed by atoms with E-state index in [2.05, 4.69) is 5.32 Å². The highest BCUT2D eigenvalue weighted by Crippen LogP contribution is 2.10. The SMILES string of the molecule is Cc1ccc(CNC(=O)Cc2ccccc2CN)cc1F. The molecule has 0 radical (unpaired) electrons. The summed E-state index contributed by atoms with van der Waals surface area (Å²) in [5.74, 6) is -0.355. The van der Waals surface area contributed by atoms with Gasteiger partial charge in [-0.15, -0.1) is 0 Å². The highest BCUT2D eigenvalue weighted by Gasteiger charge is 2.07. The summed E-state index contributed by atoms with van der Waals surface area (Å²) in [6.45, 7) is 2.44. The van der Waals surface area contributed by atoms with E-state index in [0.717, 1.165) is 16.7 Å². The van der Waals surface area contributed by atoms with Gasteiger partial charge in [-0.1, -0.05) is 36.4 Å². The third kappa shape index (κ3) is 4.13. The molecule has 0 aromatic heterocycles. The number of carbonyl (C=O) groups is 1. The van der Waals surface area contributed by atoms with E-state index in [0.29, 0.717) is 18.7 Å². The van der Waals surface area contributed by atoms with Crippen LogP contribution in [0.3, 0.4) is 0 Å². The first-order valence-electron chi connectivity index (χ1n) is 6.88. The van der Waals surface area contributed by atoms with Crippen molar-refractivity contribution in [2.75, 3.05) is 0 Å². The number of nitrogens with one attached hydrogen (secondary N) is 1. The first-order valence-corrected chi connectivity index (χ1v) is 6.88. The predicted molar refractivity (Wildman–Crippen MR) is 81.0 cm³/mol. The van der Waals surface area contributed by atoms with E-state index < -0.39 is 0 Å². The van der Waals surface area contributed by atoms with Crippen molar-refractivity contribution in [3.63, 3.8) is 0 Å². The highest BCUT2D eigenvalue weighted by atomic mass is 19.1. The molecule has 4 heteroatoms. The molecule has 0 saturated carbocycles. The van der Waals surface area contributed by atoms with Crippen molar-refractivity contribution in [2.24, 2.45) is 5.73 Å². The van der Waals surface area contributed by atoms with E-state index in [1.165, 1.54) is 6.07 Å². The molecule has 0 heterocycles. The summed E-state index contributed by atoms with van der Waals surface area (Å²) in [5.41, 5.74) is 8.89. The second-order valence-corrected chi connectivity index (χ2v) is 5.01. The Labute approximate surface area is 124 Å². The van der Waals surface area contributed by atoms with Crippen molar-refractivity contribution in [1.29, 1.82) is 0 Å². The Balaban J connectivity index is 1.94. The molecule has 0 aliphatic heterocycles. The maximum Gasteiger partial charge on any atom is 0.224 e. The zero-order chi connectivity index (χ0) is 15.2. The average Bonchev–Trinajstić information content (AvgIpc) is 2.49. The number of benzene rings is 2. The van der Waals surface area contributed by atoms with Crippen molar-refractivity contribution in [3.05, 3.63) is 70.5 Å². The van der Waals surface area contributed by atoms with Gasteiger partial charge in [0.05, 0.1) is 6.42 Å². The van der Waals surface area contributed by atoms with Crippen LogP contribution in [0.2, 0.25) is 0 Å². The van der Waals surface area contributed by atoms with Crippen LogP contribution >= 0.6 is 0 Å². The van der Waals surface area contributed by atoms with Gasteiger partial charge < -0.3 is 11.1 Å². The summed E-state index contributed by atoms with van der Waals surface area (Å²) in [7, 11) is 0. The van der Waals surface area contributed by atoms with Crippen molar-refractivity contribution in [2.45, 2.75) is 26.4 Å². The van der Waals surface area contributed by atoms with Crippen molar-refractivity contribution in [1.82, 2.24) is 5.32 Å². The van der Waals surface area contributed by atoms with Gasteiger partial charge in [-0.05, 0) is 35.2 Å². The molecular formula is C17H19FN2O. The fraction of sp³-hybridized carbons (Fsp3) is 0.235. The summed E-state index contributed by atoms with van der Waals surface area (Å²) in [6, 6.07) is 12.6. The number of nitrogens with two attached hydrogens (primary N) is 1. The molecule has 21 heavy (non-hydrogen) atoms. The molecule has 110 valence electrons. The van der Waals surface area contributed by atoms with Gasteiger partial charge in [0.2, 0.25) is 5.91 Å². The molecular weight excluding hydrogens is 267 g/mol. The standard InChI is InChI=1S/C17H19FN2O/c1-12-6-7-13(8-16(12)18)11-20-17(21)9-14-4-2-3-5-15(14)10-19/h2-8H,9-11,19H2,1H3,(H,20,21). The largest absolute Gasteiger partial charge is 0.352 e. The monoisotopic (exact) mass is 286 g/mol. The van der Waals surface area contributed by atoms with Gasteiger partial charge >= 0.3 is 0 Å². The second-order valence-electron chi connectivity index (χ2n) is 5.01. The first-order chi connectivity index (χ1) is 10.1. The van der Waals surface area contributed by atoms with Crippen molar-refractivity contribution in [3.8, 4) is 0 Å². The average molecular weight is 286 g/mol. The van der Waals surface area contributed by atoms with Crippen molar-refractivity contribution >= 4 is 5.91 Å². The van der Waals surface area contributed by atoms with Crippen LogP contribution in [-0.2, 0) is 24.3 Å². The van der Waals surface area contributed by atoms with Crippen molar-refractivity contribution < 1.29 is 9.18 Å². The summed E-state index contributed by atoms with van der Waals surface area (Å²) in [5, 5.41) is 2.80. The highest BCUT2D eigenvalue weighted by molar-refractivity contribution is 5.78. The van der Waals surface area contributed by atoms with Gasteiger partial charge in [-0.3, -0.25) is 4.79 Å². The summed E-state index contributed by atoms with van der Waals surface area (Å²) < 4.78 is 13.4. The number of hydrogen-bond donors (Lipinski definition) is 2. The Morgan fingerprint density at radius 2 is 1.90 bits per heavy atom. The zero-order valence-electron chi connectivity index (χ0n) is 12.0. The summed E-state index contributed by atoms with van der Waals surface area (Å²) in [6.07, 6.45) is 0.279. The summed E-state index contributed by atoms with van der Waals surface area (Å²) >= 11 is 0. The molecule has 0 atom stereocenters. The van der Waals surface area contributed by atoms with Crippen LogP contribution in [0.4, 0.5) is 4.39 Å². The normalized spacial score (nSPS) is 10.4. The lowest BCUT2D eigenvalue weighted by molar-refractivity contribution is -0.120. The Kier molecular flexibility index (Phi) is 5.06. The van der Waals surface area contributed by atoms with Crippen LogP contribution in [-0.4, -0.2) is 5.91 Å². The topological polar surface area (TPSA) is 55.1 Å². The summed E-state index contributed by atoms with van der Waals surface area (Å²) in [4.78, 5) is 12.0. The lowest BCUT2D eigenvalue weighted by Crippen LogP contribution is -2.25. The molecule has 0 aliphatic rings. The number of hydrogen-bond acceptors (Lipinski definition) is 2. The lowest BCUT2D eigenvalue weighted by Gasteiger charge is -2.09. The van der Waals surface area contributed by atoms with Crippen LogP contribution in [0, 0.1) is 12.7 Å². The predicted octanol–water partition coefficient (Wildman–Crippen LogP) is 2.45. The Morgan fingerprint density at radius 1 is 1.19 bits per heavy atom. The fourth-order valence-corrected chi connectivity index (χ4v) is 2.11. The number of amides is 1. The van der Waals surface area contributed by atoms with Crippen LogP contribution in [0.5, 0.6) is 0 Å². The van der Waals surface area contributed by atoms with E-state index >= 15 is 0 Å². The van der Waals surface area contributed by atoms with Gasteiger partial charge in [0.1, 0.15) is 5.82 Å². The van der Waals surface area contributed by atoms with Gasteiger partial charge in [0, 0.05) is 13.1 Å². The van der Waals surface area contributed by atoms with E-state index in [-0.39, 0.29) is 18.1 Å². The van der Waals surface area contributed by atoms with E-state index in [1.54, 1.807) is 13.0 Å².